The van der Waals surface area contributed by atoms with Crippen LogP contribution in [0.2, 0.25) is 0 Å². The Morgan fingerprint density at radius 3 is 2.13 bits per heavy atom. The van der Waals surface area contributed by atoms with E-state index < -0.39 is 11.8 Å². The normalized spacial score (nSPS) is 24.3. The number of carbonyl (C=O) groups is 1. The molecule has 1 aliphatic heterocycles. The van der Waals surface area contributed by atoms with Crippen LogP contribution in [0.3, 0.4) is 0 Å². The molecule has 1 aliphatic rings. The number of methoxy groups -OCH3 is 2. The molecule has 1 saturated heterocycles. The molecule has 0 amide bonds. The summed E-state index contributed by atoms with van der Waals surface area (Å²) >= 11 is 0. The van der Waals surface area contributed by atoms with Gasteiger partial charge in [0, 0.05) is 20.3 Å². The maximum absolute atomic E-state index is 10.8. The lowest BCUT2D eigenvalue weighted by atomic mass is 9.96. The number of hydrogen-bond donors (Lipinski definition) is 1. The highest BCUT2D eigenvalue weighted by Crippen LogP contribution is 2.29. The molecule has 1 heterocycles. The lowest BCUT2D eigenvalue weighted by Gasteiger charge is -2.50. The van der Waals surface area contributed by atoms with Gasteiger partial charge in [0.2, 0.25) is 0 Å². The van der Waals surface area contributed by atoms with Crippen molar-refractivity contribution in [1.29, 1.82) is 0 Å². The third-order valence-electron chi connectivity index (χ3n) is 3.32. The third-order valence-corrected chi connectivity index (χ3v) is 3.32. The number of hydrogen-bond acceptors (Lipinski definition) is 4. The highest BCUT2D eigenvalue weighted by molar-refractivity contribution is 5.70. The fourth-order valence-electron chi connectivity index (χ4n) is 1.72. The number of carboxylic acids is 1. The second kappa shape index (κ2) is 4.47. The zero-order valence-electron chi connectivity index (χ0n) is 9.69. The van der Waals surface area contributed by atoms with E-state index in [2.05, 4.69) is 0 Å². The van der Waals surface area contributed by atoms with Crippen LogP contribution in [0, 0.1) is 5.92 Å². The van der Waals surface area contributed by atoms with Gasteiger partial charge in [-0.15, -0.1) is 0 Å². The minimum Gasteiger partial charge on any atom is -0.481 e. The monoisotopic (exact) mass is 217 g/mol. The van der Waals surface area contributed by atoms with Gasteiger partial charge in [-0.25, -0.2) is 0 Å². The predicted octanol–water partition coefficient (Wildman–Crippen LogP) is 0.400. The van der Waals surface area contributed by atoms with Gasteiger partial charge in [-0.1, -0.05) is 6.92 Å². The molecule has 2 unspecified atom stereocenters. The molecule has 2 atom stereocenters. The molecule has 1 rings (SSSR count). The predicted molar refractivity (Wildman–Crippen MR) is 54.6 cm³/mol. The first-order valence-electron chi connectivity index (χ1n) is 5.03. The van der Waals surface area contributed by atoms with Crippen molar-refractivity contribution in [2.75, 3.05) is 27.3 Å². The summed E-state index contributed by atoms with van der Waals surface area (Å²) in [7, 11) is 3.21. The van der Waals surface area contributed by atoms with E-state index >= 15 is 0 Å². The van der Waals surface area contributed by atoms with Crippen molar-refractivity contribution in [1.82, 2.24) is 4.90 Å². The minimum absolute atomic E-state index is 0.000856. The van der Waals surface area contributed by atoms with E-state index in [9.17, 15) is 4.79 Å². The molecule has 0 aromatic heterocycles. The second-order valence-electron chi connectivity index (χ2n) is 4.09. The first-order valence-corrected chi connectivity index (χ1v) is 5.03. The largest absolute Gasteiger partial charge is 0.481 e. The van der Waals surface area contributed by atoms with Gasteiger partial charge in [-0.3, -0.25) is 9.69 Å². The van der Waals surface area contributed by atoms with Crippen LogP contribution < -0.4 is 0 Å². The van der Waals surface area contributed by atoms with Gasteiger partial charge in [-0.05, 0) is 6.92 Å². The molecular weight excluding hydrogens is 198 g/mol. The van der Waals surface area contributed by atoms with E-state index in [-0.39, 0.29) is 12.0 Å². The molecule has 0 aliphatic carbocycles. The average molecular weight is 217 g/mol. The van der Waals surface area contributed by atoms with Crippen LogP contribution >= 0.6 is 0 Å². The maximum atomic E-state index is 10.8. The van der Waals surface area contributed by atoms with Gasteiger partial charge in [0.25, 0.3) is 0 Å². The molecule has 0 spiro atoms. The Kier molecular flexibility index (Phi) is 3.70. The van der Waals surface area contributed by atoms with E-state index in [0.29, 0.717) is 13.1 Å². The summed E-state index contributed by atoms with van der Waals surface area (Å²) in [4.78, 5) is 12.8. The zero-order chi connectivity index (χ0) is 11.6. The van der Waals surface area contributed by atoms with Gasteiger partial charge in [0.15, 0.2) is 5.79 Å². The molecule has 0 saturated carbocycles. The summed E-state index contributed by atoms with van der Waals surface area (Å²) in [6, 6.07) is 0.000856. The first-order chi connectivity index (χ1) is 6.95. The van der Waals surface area contributed by atoms with Crippen LogP contribution in [0.4, 0.5) is 0 Å². The average Bonchev–Trinajstić information content (AvgIpc) is 2.16. The van der Waals surface area contributed by atoms with Crippen molar-refractivity contribution < 1.29 is 19.4 Å². The number of likely N-dealkylation sites (tertiary alicyclic amines) is 1. The molecule has 0 aromatic carbocycles. The van der Waals surface area contributed by atoms with Crippen molar-refractivity contribution >= 4 is 5.97 Å². The topological polar surface area (TPSA) is 59.0 Å². The van der Waals surface area contributed by atoms with E-state index in [1.807, 2.05) is 11.8 Å². The van der Waals surface area contributed by atoms with Crippen LogP contribution in [0.5, 0.6) is 0 Å². The Bertz CT molecular complexity index is 232. The molecule has 88 valence electrons. The first kappa shape index (κ1) is 12.4. The summed E-state index contributed by atoms with van der Waals surface area (Å²) in [5, 5.41) is 8.88. The fraction of sp³-hybridized carbons (Fsp3) is 0.900. The molecule has 5 nitrogen and oxygen atoms in total. The van der Waals surface area contributed by atoms with Crippen molar-refractivity contribution in [3.05, 3.63) is 0 Å². The molecular formula is C10H19NO4. The van der Waals surface area contributed by atoms with Crippen LogP contribution in [0.1, 0.15) is 13.8 Å². The summed E-state index contributed by atoms with van der Waals surface area (Å²) in [5.41, 5.74) is 0. The van der Waals surface area contributed by atoms with Crippen molar-refractivity contribution in [2.45, 2.75) is 25.7 Å². The number of rotatable bonds is 5. The molecule has 0 bridgehead atoms. The van der Waals surface area contributed by atoms with Crippen molar-refractivity contribution in [2.24, 2.45) is 5.92 Å². The van der Waals surface area contributed by atoms with Gasteiger partial charge in [-0.2, -0.15) is 0 Å². The van der Waals surface area contributed by atoms with E-state index in [4.69, 9.17) is 14.6 Å². The molecule has 0 radical (unpaired) electrons. The van der Waals surface area contributed by atoms with Crippen molar-refractivity contribution in [3.63, 3.8) is 0 Å². The van der Waals surface area contributed by atoms with Crippen molar-refractivity contribution in [3.8, 4) is 0 Å². The Labute approximate surface area is 90.0 Å². The highest BCUT2D eigenvalue weighted by atomic mass is 16.7. The van der Waals surface area contributed by atoms with E-state index in [0.717, 1.165) is 0 Å². The van der Waals surface area contributed by atoms with Gasteiger partial charge >= 0.3 is 5.97 Å². The van der Waals surface area contributed by atoms with Gasteiger partial charge in [0.1, 0.15) is 0 Å². The highest BCUT2D eigenvalue weighted by Gasteiger charge is 2.47. The molecule has 5 heteroatoms. The summed E-state index contributed by atoms with van der Waals surface area (Å²) in [6.07, 6.45) is 0. The second-order valence-corrected chi connectivity index (χ2v) is 4.09. The number of carboxylic acid groups (broad SMARTS) is 1. The SMILES string of the molecule is COC1(OC)CN(C(C)C(C)C(=O)O)C1. The molecule has 15 heavy (non-hydrogen) atoms. The van der Waals surface area contributed by atoms with Crippen LogP contribution in [-0.2, 0) is 14.3 Å². The molecule has 1 N–H and O–H groups in total. The summed E-state index contributed by atoms with van der Waals surface area (Å²) < 4.78 is 10.5. The summed E-state index contributed by atoms with van der Waals surface area (Å²) in [6.45, 7) is 4.87. The van der Waals surface area contributed by atoms with Crippen LogP contribution in [0.15, 0.2) is 0 Å². The minimum atomic E-state index is -0.769. The van der Waals surface area contributed by atoms with E-state index in [1.54, 1.807) is 21.1 Å². The van der Waals surface area contributed by atoms with Gasteiger partial charge < -0.3 is 14.6 Å². The smallest absolute Gasteiger partial charge is 0.307 e. The Morgan fingerprint density at radius 2 is 1.80 bits per heavy atom. The Morgan fingerprint density at radius 1 is 1.33 bits per heavy atom. The lowest BCUT2D eigenvalue weighted by Crippen LogP contribution is -2.67. The zero-order valence-corrected chi connectivity index (χ0v) is 9.69. The Hall–Kier alpha value is -0.650. The number of aliphatic carboxylic acids is 1. The summed E-state index contributed by atoms with van der Waals surface area (Å²) in [5.74, 6) is -1.68. The lowest BCUT2D eigenvalue weighted by molar-refractivity contribution is -0.283. The number of ether oxygens (including phenoxy) is 2. The quantitative estimate of drug-likeness (QED) is 0.675. The maximum Gasteiger partial charge on any atom is 0.307 e. The van der Waals surface area contributed by atoms with Gasteiger partial charge in [0.05, 0.1) is 19.0 Å². The standard InChI is InChI=1S/C10H19NO4/c1-7(9(12)13)8(2)11-5-10(6-11,14-3)15-4/h7-8H,5-6H2,1-4H3,(H,12,13). The number of nitrogens with zero attached hydrogens (tertiary/aromatic N) is 1. The Balaban J connectivity index is 2.47. The molecule has 1 fully saturated rings. The third kappa shape index (κ3) is 2.30. The van der Waals surface area contributed by atoms with Crippen LogP contribution in [0.25, 0.3) is 0 Å². The van der Waals surface area contributed by atoms with E-state index in [1.165, 1.54) is 0 Å². The van der Waals surface area contributed by atoms with Crippen LogP contribution in [-0.4, -0.2) is 55.1 Å². The fourth-order valence-corrected chi connectivity index (χ4v) is 1.72. The molecule has 0 aromatic rings.